The highest BCUT2D eigenvalue weighted by Crippen LogP contribution is 2.38. The zero-order valence-corrected chi connectivity index (χ0v) is 12.8. The molecule has 1 heterocycles. The lowest BCUT2D eigenvalue weighted by Gasteiger charge is -2.26. The van der Waals surface area contributed by atoms with Crippen molar-refractivity contribution in [2.75, 3.05) is 6.54 Å². The van der Waals surface area contributed by atoms with E-state index in [1.807, 2.05) is 6.92 Å². The van der Waals surface area contributed by atoms with Crippen LogP contribution in [0.5, 0.6) is 0 Å². The molecule has 1 saturated carbocycles. The summed E-state index contributed by atoms with van der Waals surface area (Å²) in [5.41, 5.74) is 7.46. The average molecular weight is 278 g/mol. The molecule has 0 aromatic carbocycles. The van der Waals surface area contributed by atoms with Crippen LogP contribution in [0, 0.1) is 0 Å². The van der Waals surface area contributed by atoms with Crippen molar-refractivity contribution in [2.24, 2.45) is 5.73 Å². The highest BCUT2D eigenvalue weighted by atomic mass is 16.1. The van der Waals surface area contributed by atoms with Crippen LogP contribution in [0.2, 0.25) is 0 Å². The molecule has 2 rings (SSSR count). The molecule has 1 amide bonds. The smallest absolute Gasteiger partial charge is 0.237 e. The predicted molar refractivity (Wildman–Crippen MR) is 79.5 cm³/mol. The molecule has 1 aromatic heterocycles. The maximum Gasteiger partial charge on any atom is 0.237 e. The Labute approximate surface area is 120 Å². The minimum absolute atomic E-state index is 0.234. The van der Waals surface area contributed by atoms with Crippen LogP contribution in [0.3, 0.4) is 0 Å². The highest BCUT2D eigenvalue weighted by Gasteiger charge is 2.44. The van der Waals surface area contributed by atoms with E-state index in [1.165, 1.54) is 5.69 Å². The monoisotopic (exact) mass is 278 g/mol. The molecule has 0 aliphatic heterocycles. The van der Waals surface area contributed by atoms with Crippen LogP contribution in [-0.2, 0) is 17.6 Å². The van der Waals surface area contributed by atoms with Gasteiger partial charge in [0.25, 0.3) is 0 Å². The Balaban J connectivity index is 2.23. The first-order valence-electron chi connectivity index (χ1n) is 7.68. The first kappa shape index (κ1) is 15.0. The van der Waals surface area contributed by atoms with Crippen molar-refractivity contribution < 1.29 is 4.79 Å². The normalized spacial score (nSPS) is 26.1. The van der Waals surface area contributed by atoms with Crippen molar-refractivity contribution in [2.45, 2.75) is 64.5 Å². The first-order valence-corrected chi connectivity index (χ1v) is 7.68. The number of aromatic nitrogens is 2. The molecule has 0 radical (unpaired) electrons. The highest BCUT2D eigenvalue weighted by molar-refractivity contribution is 5.85. The van der Waals surface area contributed by atoms with Gasteiger partial charge in [0.2, 0.25) is 5.91 Å². The molecule has 1 aliphatic carbocycles. The first-order chi connectivity index (χ1) is 9.56. The van der Waals surface area contributed by atoms with E-state index >= 15 is 0 Å². The van der Waals surface area contributed by atoms with Gasteiger partial charge in [-0.05, 0) is 44.7 Å². The van der Waals surface area contributed by atoms with Gasteiger partial charge in [0.1, 0.15) is 0 Å². The SMILES string of the molecule is CCNC1(C(N)=O)CCC(n2nc(CC)cc2CC)C1. The van der Waals surface area contributed by atoms with Gasteiger partial charge in [0.15, 0.2) is 0 Å². The summed E-state index contributed by atoms with van der Waals surface area (Å²) < 4.78 is 2.13. The molecule has 0 saturated heterocycles. The van der Waals surface area contributed by atoms with E-state index in [9.17, 15) is 4.79 Å². The van der Waals surface area contributed by atoms with Crippen LogP contribution in [0.1, 0.15) is 57.5 Å². The number of hydrogen-bond acceptors (Lipinski definition) is 3. The van der Waals surface area contributed by atoms with Gasteiger partial charge in [-0.3, -0.25) is 9.48 Å². The summed E-state index contributed by atoms with van der Waals surface area (Å²) in [6, 6.07) is 2.45. The largest absolute Gasteiger partial charge is 0.368 e. The fourth-order valence-corrected chi connectivity index (χ4v) is 3.28. The summed E-state index contributed by atoms with van der Waals surface area (Å²) >= 11 is 0. The topological polar surface area (TPSA) is 72.9 Å². The van der Waals surface area contributed by atoms with E-state index in [4.69, 9.17) is 10.8 Å². The summed E-state index contributed by atoms with van der Waals surface area (Å²) in [4.78, 5) is 11.8. The van der Waals surface area contributed by atoms with E-state index in [-0.39, 0.29) is 11.9 Å². The van der Waals surface area contributed by atoms with E-state index in [2.05, 4.69) is 29.9 Å². The van der Waals surface area contributed by atoms with Crippen LogP contribution in [-0.4, -0.2) is 27.8 Å². The van der Waals surface area contributed by atoms with Crippen molar-refractivity contribution in [1.82, 2.24) is 15.1 Å². The standard InChI is InChI=1S/C15H26N4O/c1-4-11-9-12(5-2)19(18-11)13-7-8-15(10-13,14(16)20)17-6-3/h9,13,17H,4-8,10H2,1-3H3,(H2,16,20). The average Bonchev–Trinajstić information content (AvgIpc) is 3.03. The lowest BCUT2D eigenvalue weighted by atomic mass is 9.96. The lowest BCUT2D eigenvalue weighted by molar-refractivity contribution is -0.124. The molecule has 1 fully saturated rings. The van der Waals surface area contributed by atoms with E-state index in [0.29, 0.717) is 0 Å². The zero-order chi connectivity index (χ0) is 14.8. The van der Waals surface area contributed by atoms with Gasteiger partial charge in [-0.2, -0.15) is 5.10 Å². The van der Waals surface area contributed by atoms with Crippen molar-refractivity contribution in [3.05, 3.63) is 17.5 Å². The third kappa shape index (κ3) is 2.59. The number of carbonyl (C=O) groups excluding carboxylic acids is 1. The Morgan fingerprint density at radius 3 is 2.80 bits per heavy atom. The number of rotatable bonds is 6. The van der Waals surface area contributed by atoms with Gasteiger partial charge in [-0.25, -0.2) is 0 Å². The van der Waals surface area contributed by atoms with Gasteiger partial charge in [-0.15, -0.1) is 0 Å². The molecule has 112 valence electrons. The number of nitrogens with zero attached hydrogens (tertiary/aromatic N) is 2. The second-order valence-corrected chi connectivity index (χ2v) is 5.65. The number of nitrogens with two attached hydrogens (primary N) is 1. The third-order valence-electron chi connectivity index (χ3n) is 4.41. The fraction of sp³-hybridized carbons (Fsp3) is 0.733. The van der Waals surface area contributed by atoms with Crippen molar-refractivity contribution in [1.29, 1.82) is 0 Å². The van der Waals surface area contributed by atoms with Crippen molar-refractivity contribution >= 4 is 5.91 Å². The van der Waals surface area contributed by atoms with Gasteiger partial charge >= 0.3 is 0 Å². The van der Waals surface area contributed by atoms with E-state index < -0.39 is 5.54 Å². The van der Waals surface area contributed by atoms with Crippen LogP contribution in [0.4, 0.5) is 0 Å². The molecule has 5 heteroatoms. The molecular weight excluding hydrogens is 252 g/mol. The molecule has 2 unspecified atom stereocenters. The zero-order valence-electron chi connectivity index (χ0n) is 12.8. The third-order valence-corrected chi connectivity index (χ3v) is 4.41. The molecule has 1 aromatic rings. The number of amides is 1. The molecule has 0 bridgehead atoms. The van der Waals surface area contributed by atoms with Gasteiger partial charge in [0.05, 0.1) is 17.3 Å². The van der Waals surface area contributed by atoms with Crippen LogP contribution in [0.25, 0.3) is 0 Å². The summed E-state index contributed by atoms with van der Waals surface area (Å²) in [6.45, 7) is 7.04. The lowest BCUT2D eigenvalue weighted by Crippen LogP contribution is -2.53. The van der Waals surface area contributed by atoms with Gasteiger partial charge in [-0.1, -0.05) is 20.8 Å². The van der Waals surface area contributed by atoms with Crippen molar-refractivity contribution in [3.63, 3.8) is 0 Å². The predicted octanol–water partition coefficient (Wildman–Crippen LogP) is 1.57. The quantitative estimate of drug-likeness (QED) is 0.829. The molecule has 2 atom stereocenters. The number of hydrogen-bond donors (Lipinski definition) is 2. The molecular formula is C15H26N4O. The van der Waals surface area contributed by atoms with Crippen LogP contribution >= 0.6 is 0 Å². The van der Waals surface area contributed by atoms with E-state index in [0.717, 1.165) is 44.3 Å². The Kier molecular flexibility index (Phi) is 4.48. The minimum Gasteiger partial charge on any atom is -0.368 e. The second kappa shape index (κ2) is 5.95. The second-order valence-electron chi connectivity index (χ2n) is 5.65. The van der Waals surface area contributed by atoms with E-state index in [1.54, 1.807) is 0 Å². The molecule has 0 spiro atoms. The Bertz CT molecular complexity index is 482. The number of aryl methyl sites for hydroxylation is 2. The number of primary amides is 1. The molecule has 1 aliphatic rings. The summed E-state index contributed by atoms with van der Waals surface area (Å²) in [6.07, 6.45) is 4.41. The van der Waals surface area contributed by atoms with Crippen LogP contribution in [0.15, 0.2) is 6.07 Å². The van der Waals surface area contributed by atoms with Gasteiger partial charge in [0, 0.05) is 5.69 Å². The maximum absolute atomic E-state index is 11.8. The molecule has 5 nitrogen and oxygen atoms in total. The van der Waals surface area contributed by atoms with Crippen LogP contribution < -0.4 is 11.1 Å². The van der Waals surface area contributed by atoms with Crippen molar-refractivity contribution in [3.8, 4) is 0 Å². The summed E-state index contributed by atoms with van der Waals surface area (Å²) in [7, 11) is 0. The van der Waals surface area contributed by atoms with Gasteiger partial charge < -0.3 is 11.1 Å². The number of likely N-dealkylation sites (N-methyl/N-ethyl adjacent to an activating group) is 1. The Morgan fingerprint density at radius 1 is 1.50 bits per heavy atom. The molecule has 3 N–H and O–H groups in total. The summed E-state index contributed by atoms with van der Waals surface area (Å²) in [5, 5.41) is 8.00. The number of carbonyl (C=O) groups is 1. The maximum atomic E-state index is 11.8. The molecule has 20 heavy (non-hydrogen) atoms. The Hall–Kier alpha value is -1.36. The summed E-state index contributed by atoms with van der Waals surface area (Å²) in [5.74, 6) is -0.234. The Morgan fingerprint density at radius 2 is 2.25 bits per heavy atom. The number of nitrogens with one attached hydrogen (secondary N) is 1. The minimum atomic E-state index is -0.553. The fourth-order valence-electron chi connectivity index (χ4n) is 3.28.